The third-order valence-corrected chi connectivity index (χ3v) is 2.95. The molecule has 1 rings (SSSR count). The second kappa shape index (κ2) is 5.77. The highest BCUT2D eigenvalue weighted by atomic mass is 19.1. The number of rotatable bonds is 6. The predicted octanol–water partition coefficient (Wildman–Crippen LogP) is 2.52. The van der Waals surface area contributed by atoms with Crippen LogP contribution >= 0.6 is 0 Å². The predicted molar refractivity (Wildman–Crippen MR) is 64.3 cm³/mol. The van der Waals surface area contributed by atoms with E-state index in [9.17, 15) is 9.18 Å². The van der Waals surface area contributed by atoms with Crippen LogP contribution in [0.2, 0.25) is 0 Å². The van der Waals surface area contributed by atoms with Gasteiger partial charge in [0.15, 0.2) is 0 Å². The Balaban J connectivity index is 3.15. The van der Waals surface area contributed by atoms with Crippen LogP contribution in [0.5, 0.6) is 0 Å². The van der Waals surface area contributed by atoms with E-state index in [4.69, 9.17) is 5.11 Å². The molecule has 0 fully saturated rings. The summed E-state index contributed by atoms with van der Waals surface area (Å²) in [5.41, 5.74) is -0.00729. The van der Waals surface area contributed by atoms with Crippen LogP contribution in [0.3, 0.4) is 0 Å². The minimum atomic E-state index is -0.892. The molecule has 17 heavy (non-hydrogen) atoms. The van der Waals surface area contributed by atoms with E-state index in [0.29, 0.717) is 18.5 Å². The molecule has 94 valence electrons. The van der Waals surface area contributed by atoms with Gasteiger partial charge in [-0.3, -0.25) is 4.79 Å². The normalized spacial score (nSPS) is 14.3. The summed E-state index contributed by atoms with van der Waals surface area (Å²) < 4.78 is 13.2. The van der Waals surface area contributed by atoms with Gasteiger partial charge in [0.1, 0.15) is 5.82 Å². The van der Waals surface area contributed by atoms with Gasteiger partial charge in [-0.1, -0.05) is 26.0 Å². The lowest BCUT2D eigenvalue weighted by atomic mass is 9.84. The highest BCUT2D eigenvalue weighted by Gasteiger charge is 2.32. The van der Waals surface area contributed by atoms with E-state index < -0.39 is 11.5 Å². The summed E-state index contributed by atoms with van der Waals surface area (Å²) in [6.07, 6.45) is 0.539. The summed E-state index contributed by atoms with van der Waals surface area (Å²) in [4.78, 5) is 11.0. The Bertz CT molecular complexity index is 395. The third kappa shape index (κ3) is 3.27. The van der Waals surface area contributed by atoms with Crippen molar-refractivity contribution < 1.29 is 14.3 Å². The second-order valence-corrected chi connectivity index (χ2v) is 4.05. The molecule has 0 aliphatic carbocycles. The van der Waals surface area contributed by atoms with Gasteiger partial charge < -0.3 is 10.4 Å². The number of carbonyl (C=O) groups is 1. The van der Waals surface area contributed by atoms with E-state index in [1.165, 1.54) is 12.1 Å². The molecule has 0 heterocycles. The van der Waals surface area contributed by atoms with Gasteiger partial charge in [-0.25, -0.2) is 4.39 Å². The van der Waals surface area contributed by atoms with Gasteiger partial charge in [0.2, 0.25) is 0 Å². The van der Waals surface area contributed by atoms with Crippen molar-refractivity contribution in [1.29, 1.82) is 0 Å². The lowest BCUT2D eigenvalue weighted by Gasteiger charge is -2.33. The molecule has 1 aromatic rings. The fraction of sp³-hybridized carbons (Fsp3) is 0.462. The second-order valence-electron chi connectivity index (χ2n) is 4.05. The lowest BCUT2D eigenvalue weighted by molar-refractivity contribution is -0.139. The monoisotopic (exact) mass is 239 g/mol. The van der Waals surface area contributed by atoms with Crippen molar-refractivity contribution in [2.45, 2.75) is 32.2 Å². The molecule has 0 spiro atoms. The summed E-state index contributed by atoms with van der Waals surface area (Å²) in [7, 11) is 0. The molecule has 0 saturated heterocycles. The molecule has 3 nitrogen and oxygen atoms in total. The maximum atomic E-state index is 13.2. The Morgan fingerprint density at radius 1 is 1.47 bits per heavy atom. The van der Waals surface area contributed by atoms with Gasteiger partial charge in [0.05, 0.1) is 12.0 Å². The average Bonchev–Trinajstić information content (AvgIpc) is 2.27. The van der Waals surface area contributed by atoms with Crippen LogP contribution in [0.4, 0.5) is 4.39 Å². The van der Waals surface area contributed by atoms with E-state index in [-0.39, 0.29) is 12.2 Å². The Kier molecular flexibility index (Phi) is 4.63. The molecule has 4 heteroatoms. The van der Waals surface area contributed by atoms with Crippen LogP contribution in [-0.4, -0.2) is 17.6 Å². The van der Waals surface area contributed by atoms with Crippen molar-refractivity contribution in [2.24, 2.45) is 0 Å². The molecule has 0 bridgehead atoms. The molecule has 0 saturated carbocycles. The number of benzene rings is 1. The molecule has 2 N–H and O–H groups in total. The van der Waals surface area contributed by atoms with Crippen LogP contribution in [0, 0.1) is 5.82 Å². The number of hydrogen-bond acceptors (Lipinski definition) is 2. The highest BCUT2D eigenvalue weighted by Crippen LogP contribution is 2.29. The number of carboxylic acids is 1. The fourth-order valence-corrected chi connectivity index (χ4v) is 2.10. The maximum Gasteiger partial charge on any atom is 0.305 e. The van der Waals surface area contributed by atoms with Crippen molar-refractivity contribution in [1.82, 2.24) is 5.32 Å². The SMILES string of the molecule is CCNC(CC)(CC(=O)O)c1cccc(F)c1. The quantitative estimate of drug-likeness (QED) is 0.802. The Hall–Kier alpha value is -1.42. The van der Waals surface area contributed by atoms with Crippen molar-refractivity contribution in [2.75, 3.05) is 6.54 Å². The van der Waals surface area contributed by atoms with Crippen LogP contribution in [0.25, 0.3) is 0 Å². The van der Waals surface area contributed by atoms with Gasteiger partial charge in [-0.2, -0.15) is 0 Å². The first-order chi connectivity index (χ1) is 8.04. The van der Waals surface area contributed by atoms with Crippen molar-refractivity contribution >= 4 is 5.97 Å². The van der Waals surface area contributed by atoms with E-state index >= 15 is 0 Å². The minimum Gasteiger partial charge on any atom is -0.481 e. The molecule has 0 amide bonds. The summed E-state index contributed by atoms with van der Waals surface area (Å²) in [6.45, 7) is 4.44. The van der Waals surface area contributed by atoms with Gasteiger partial charge >= 0.3 is 5.97 Å². The first-order valence-electron chi connectivity index (χ1n) is 5.77. The number of nitrogens with one attached hydrogen (secondary N) is 1. The van der Waals surface area contributed by atoms with Crippen molar-refractivity contribution in [3.05, 3.63) is 35.6 Å². The van der Waals surface area contributed by atoms with E-state index in [2.05, 4.69) is 5.32 Å². The Morgan fingerprint density at radius 3 is 2.65 bits per heavy atom. The zero-order valence-electron chi connectivity index (χ0n) is 10.2. The Morgan fingerprint density at radius 2 is 2.18 bits per heavy atom. The van der Waals surface area contributed by atoms with Crippen LogP contribution in [0.15, 0.2) is 24.3 Å². The Labute approximate surface area is 101 Å². The third-order valence-electron chi connectivity index (χ3n) is 2.95. The smallest absolute Gasteiger partial charge is 0.305 e. The average molecular weight is 239 g/mol. The highest BCUT2D eigenvalue weighted by molar-refractivity contribution is 5.69. The van der Waals surface area contributed by atoms with E-state index in [1.54, 1.807) is 12.1 Å². The fourth-order valence-electron chi connectivity index (χ4n) is 2.10. The number of carboxylic acid groups (broad SMARTS) is 1. The van der Waals surface area contributed by atoms with Gasteiger partial charge in [-0.15, -0.1) is 0 Å². The van der Waals surface area contributed by atoms with Gasteiger partial charge in [0.25, 0.3) is 0 Å². The molecule has 0 aromatic heterocycles. The summed E-state index contributed by atoms with van der Waals surface area (Å²) in [6, 6.07) is 6.12. The topological polar surface area (TPSA) is 49.3 Å². The van der Waals surface area contributed by atoms with Crippen LogP contribution in [-0.2, 0) is 10.3 Å². The van der Waals surface area contributed by atoms with E-state index in [1.807, 2.05) is 13.8 Å². The molecule has 1 aromatic carbocycles. The lowest BCUT2D eigenvalue weighted by Crippen LogP contribution is -2.43. The number of aliphatic carboxylic acids is 1. The van der Waals surface area contributed by atoms with Gasteiger partial charge in [0, 0.05) is 0 Å². The number of hydrogen-bond donors (Lipinski definition) is 2. The van der Waals surface area contributed by atoms with Gasteiger partial charge in [-0.05, 0) is 30.7 Å². The maximum absolute atomic E-state index is 13.2. The zero-order valence-corrected chi connectivity index (χ0v) is 10.2. The molecule has 0 radical (unpaired) electrons. The molecule has 0 aliphatic rings. The van der Waals surface area contributed by atoms with Crippen LogP contribution in [0.1, 0.15) is 32.3 Å². The summed E-state index contributed by atoms with van der Waals surface area (Å²) >= 11 is 0. The first-order valence-corrected chi connectivity index (χ1v) is 5.77. The molecule has 0 aliphatic heterocycles. The standard InChI is InChI=1S/C13H18FNO2/c1-3-13(15-4-2,9-12(16)17)10-6-5-7-11(14)8-10/h5-8,15H,3-4,9H2,1-2H3,(H,16,17). The minimum absolute atomic E-state index is 0.0548. The first kappa shape index (κ1) is 13.6. The summed E-state index contributed by atoms with van der Waals surface area (Å²) in [5.74, 6) is -1.24. The zero-order chi connectivity index (χ0) is 12.9. The van der Waals surface area contributed by atoms with E-state index in [0.717, 1.165) is 0 Å². The van der Waals surface area contributed by atoms with Crippen LogP contribution < -0.4 is 5.32 Å². The molecular weight excluding hydrogens is 221 g/mol. The van der Waals surface area contributed by atoms with Crippen molar-refractivity contribution in [3.63, 3.8) is 0 Å². The number of halogens is 1. The van der Waals surface area contributed by atoms with Crippen molar-refractivity contribution in [3.8, 4) is 0 Å². The molecular formula is C13H18FNO2. The largest absolute Gasteiger partial charge is 0.481 e. The molecule has 1 unspecified atom stereocenters. The molecule has 1 atom stereocenters. The summed E-state index contributed by atoms with van der Waals surface area (Å²) in [5, 5.41) is 12.2.